The van der Waals surface area contributed by atoms with Gasteiger partial charge in [0.15, 0.2) is 5.11 Å². The van der Waals surface area contributed by atoms with Crippen molar-refractivity contribution in [3.05, 3.63) is 65.5 Å². The first-order valence-electron chi connectivity index (χ1n) is 6.00. The highest BCUT2D eigenvalue weighted by Crippen LogP contribution is 2.09. The Bertz CT molecular complexity index is 584. The maximum absolute atomic E-state index is 13.0. The number of aryl methyl sites for hydroxylation is 1. The van der Waals surface area contributed by atoms with Crippen molar-refractivity contribution in [2.24, 2.45) is 0 Å². The van der Waals surface area contributed by atoms with Gasteiger partial charge in [-0.1, -0.05) is 30.3 Å². The molecule has 0 radical (unpaired) electrons. The predicted molar refractivity (Wildman–Crippen MR) is 80.6 cm³/mol. The molecule has 0 heterocycles. The van der Waals surface area contributed by atoms with E-state index in [0.29, 0.717) is 17.3 Å². The minimum absolute atomic E-state index is 0.285. The molecule has 0 spiro atoms. The lowest BCUT2D eigenvalue weighted by molar-refractivity contribution is 0.628. The van der Waals surface area contributed by atoms with E-state index in [-0.39, 0.29) is 5.82 Å². The molecule has 0 atom stereocenters. The molecule has 0 aliphatic rings. The van der Waals surface area contributed by atoms with E-state index in [4.69, 9.17) is 12.2 Å². The van der Waals surface area contributed by atoms with Crippen molar-refractivity contribution in [3.63, 3.8) is 0 Å². The fraction of sp³-hybridized carbons (Fsp3) is 0.133. The van der Waals surface area contributed by atoms with Gasteiger partial charge < -0.3 is 10.6 Å². The van der Waals surface area contributed by atoms with E-state index in [0.717, 1.165) is 0 Å². The van der Waals surface area contributed by atoms with Crippen LogP contribution >= 0.6 is 12.2 Å². The zero-order valence-corrected chi connectivity index (χ0v) is 11.4. The molecular formula is C15H15FN2S. The summed E-state index contributed by atoms with van der Waals surface area (Å²) in [6, 6.07) is 14.3. The fourth-order valence-corrected chi connectivity index (χ4v) is 1.92. The van der Waals surface area contributed by atoms with Gasteiger partial charge in [-0.2, -0.15) is 0 Å². The first kappa shape index (κ1) is 13.5. The molecule has 0 unspecified atom stereocenters. The minimum Gasteiger partial charge on any atom is -0.358 e. The fourth-order valence-electron chi connectivity index (χ4n) is 1.73. The molecule has 0 amide bonds. The summed E-state index contributed by atoms with van der Waals surface area (Å²) in [6.45, 7) is 2.70. The Morgan fingerprint density at radius 3 is 2.68 bits per heavy atom. The van der Waals surface area contributed by atoms with Crippen molar-refractivity contribution in [3.8, 4) is 0 Å². The largest absolute Gasteiger partial charge is 0.358 e. The number of nitrogens with one attached hydrogen (secondary N) is 2. The molecule has 0 aliphatic carbocycles. The van der Waals surface area contributed by atoms with Gasteiger partial charge in [-0.25, -0.2) is 4.39 Å². The standard InChI is InChI=1S/C15H15FN2S/c1-11-5-2-3-6-12(11)10-17-15(19)18-14-8-4-7-13(16)9-14/h2-9H,10H2,1H3,(H2,17,18,19). The smallest absolute Gasteiger partial charge is 0.171 e. The molecule has 2 aromatic carbocycles. The Morgan fingerprint density at radius 2 is 1.95 bits per heavy atom. The SMILES string of the molecule is Cc1ccccc1CNC(=S)Nc1cccc(F)c1. The maximum atomic E-state index is 13.0. The van der Waals surface area contributed by atoms with Crippen LogP contribution in [0.4, 0.5) is 10.1 Å². The van der Waals surface area contributed by atoms with Crippen LogP contribution < -0.4 is 10.6 Å². The number of hydrogen-bond acceptors (Lipinski definition) is 1. The summed E-state index contributed by atoms with van der Waals surface area (Å²) < 4.78 is 13.0. The van der Waals surface area contributed by atoms with E-state index in [1.54, 1.807) is 12.1 Å². The summed E-state index contributed by atoms with van der Waals surface area (Å²) in [5.74, 6) is -0.285. The number of benzene rings is 2. The molecule has 98 valence electrons. The Balaban J connectivity index is 1.90. The van der Waals surface area contributed by atoms with Crippen LogP contribution in [0.3, 0.4) is 0 Å². The van der Waals surface area contributed by atoms with E-state index in [2.05, 4.69) is 23.6 Å². The average Bonchev–Trinajstić information content (AvgIpc) is 2.38. The number of thiocarbonyl (C=S) groups is 1. The summed E-state index contributed by atoms with van der Waals surface area (Å²) in [5, 5.41) is 6.54. The van der Waals surface area contributed by atoms with Crippen molar-refractivity contribution >= 4 is 23.0 Å². The lowest BCUT2D eigenvalue weighted by Gasteiger charge is -2.11. The predicted octanol–water partition coefficient (Wildman–Crippen LogP) is 3.62. The maximum Gasteiger partial charge on any atom is 0.171 e. The molecule has 0 bridgehead atoms. The molecule has 4 heteroatoms. The molecule has 2 aromatic rings. The molecule has 0 saturated heterocycles. The van der Waals surface area contributed by atoms with Gasteiger partial charge >= 0.3 is 0 Å². The van der Waals surface area contributed by atoms with Gasteiger partial charge in [0.05, 0.1) is 0 Å². The summed E-state index contributed by atoms with van der Waals surface area (Å²) in [5.41, 5.74) is 3.04. The van der Waals surface area contributed by atoms with E-state index in [1.165, 1.54) is 23.3 Å². The molecule has 0 aliphatic heterocycles. The van der Waals surface area contributed by atoms with Crippen LogP contribution in [-0.4, -0.2) is 5.11 Å². The van der Waals surface area contributed by atoms with Crippen LogP contribution in [0, 0.1) is 12.7 Å². The summed E-state index contributed by atoms with van der Waals surface area (Å²) >= 11 is 5.18. The summed E-state index contributed by atoms with van der Waals surface area (Å²) in [7, 11) is 0. The number of hydrogen-bond donors (Lipinski definition) is 2. The highest BCUT2D eigenvalue weighted by Gasteiger charge is 2.00. The molecule has 0 aromatic heterocycles. The van der Waals surface area contributed by atoms with Crippen LogP contribution in [0.5, 0.6) is 0 Å². The molecular weight excluding hydrogens is 259 g/mol. The van der Waals surface area contributed by atoms with E-state index in [1.807, 2.05) is 18.2 Å². The van der Waals surface area contributed by atoms with E-state index in [9.17, 15) is 4.39 Å². The van der Waals surface area contributed by atoms with Crippen LogP contribution in [0.2, 0.25) is 0 Å². The van der Waals surface area contributed by atoms with Crippen molar-refractivity contribution in [1.82, 2.24) is 5.32 Å². The molecule has 19 heavy (non-hydrogen) atoms. The van der Waals surface area contributed by atoms with Gasteiger partial charge in [0.25, 0.3) is 0 Å². The quantitative estimate of drug-likeness (QED) is 0.836. The van der Waals surface area contributed by atoms with Crippen molar-refractivity contribution in [1.29, 1.82) is 0 Å². The summed E-state index contributed by atoms with van der Waals surface area (Å²) in [6.07, 6.45) is 0. The van der Waals surface area contributed by atoms with Gasteiger partial charge in [-0.05, 0) is 48.5 Å². The first-order valence-corrected chi connectivity index (χ1v) is 6.41. The highest BCUT2D eigenvalue weighted by atomic mass is 32.1. The van der Waals surface area contributed by atoms with Gasteiger partial charge in [-0.15, -0.1) is 0 Å². The minimum atomic E-state index is -0.285. The Kier molecular flexibility index (Phi) is 4.47. The number of anilines is 1. The second kappa shape index (κ2) is 6.29. The topological polar surface area (TPSA) is 24.1 Å². The lowest BCUT2D eigenvalue weighted by atomic mass is 10.1. The zero-order chi connectivity index (χ0) is 13.7. The second-order valence-corrected chi connectivity index (χ2v) is 4.65. The molecule has 2 N–H and O–H groups in total. The third kappa shape index (κ3) is 4.03. The molecule has 0 saturated carbocycles. The third-order valence-electron chi connectivity index (χ3n) is 2.78. The Hall–Kier alpha value is -1.94. The average molecular weight is 274 g/mol. The van der Waals surface area contributed by atoms with Crippen LogP contribution in [0.1, 0.15) is 11.1 Å². The van der Waals surface area contributed by atoms with Crippen molar-refractivity contribution < 1.29 is 4.39 Å². The van der Waals surface area contributed by atoms with Crippen LogP contribution in [0.25, 0.3) is 0 Å². The van der Waals surface area contributed by atoms with Crippen molar-refractivity contribution in [2.45, 2.75) is 13.5 Å². The highest BCUT2D eigenvalue weighted by molar-refractivity contribution is 7.80. The van der Waals surface area contributed by atoms with Gasteiger partial charge in [0.1, 0.15) is 5.82 Å². The van der Waals surface area contributed by atoms with E-state index >= 15 is 0 Å². The normalized spacial score (nSPS) is 10.0. The first-order chi connectivity index (χ1) is 9.15. The summed E-state index contributed by atoms with van der Waals surface area (Å²) in [4.78, 5) is 0. The second-order valence-electron chi connectivity index (χ2n) is 4.24. The molecule has 2 rings (SSSR count). The van der Waals surface area contributed by atoms with Crippen LogP contribution in [0.15, 0.2) is 48.5 Å². The third-order valence-corrected chi connectivity index (χ3v) is 3.03. The Morgan fingerprint density at radius 1 is 1.16 bits per heavy atom. The molecule has 2 nitrogen and oxygen atoms in total. The Labute approximate surface area is 117 Å². The number of rotatable bonds is 3. The van der Waals surface area contributed by atoms with Crippen LogP contribution in [-0.2, 0) is 6.54 Å². The molecule has 0 fully saturated rings. The van der Waals surface area contributed by atoms with E-state index < -0.39 is 0 Å². The van der Waals surface area contributed by atoms with Gasteiger partial charge in [0, 0.05) is 12.2 Å². The van der Waals surface area contributed by atoms with Gasteiger partial charge in [0.2, 0.25) is 0 Å². The number of halogens is 1. The lowest BCUT2D eigenvalue weighted by Crippen LogP contribution is -2.28. The van der Waals surface area contributed by atoms with Gasteiger partial charge in [-0.3, -0.25) is 0 Å². The monoisotopic (exact) mass is 274 g/mol. The van der Waals surface area contributed by atoms with Crippen molar-refractivity contribution in [2.75, 3.05) is 5.32 Å². The zero-order valence-electron chi connectivity index (χ0n) is 10.6.